The van der Waals surface area contributed by atoms with Crippen LogP contribution in [0.1, 0.15) is 13.8 Å². The number of hydrogen-bond acceptors (Lipinski definition) is 4. The van der Waals surface area contributed by atoms with E-state index in [1.165, 1.54) is 0 Å². The monoisotopic (exact) mass is 174 g/mol. The largest absolute Gasteiger partial charge is 0.329 e. The van der Waals surface area contributed by atoms with E-state index < -0.39 is 0 Å². The van der Waals surface area contributed by atoms with Crippen LogP contribution in [0, 0.1) is 0 Å². The molecule has 0 saturated heterocycles. The first-order valence-electron chi connectivity index (χ1n) is 4.49. The second kappa shape index (κ2) is 6.37. The molecule has 6 N–H and O–H groups in total. The van der Waals surface area contributed by atoms with E-state index in [9.17, 15) is 0 Å². The lowest BCUT2D eigenvalue weighted by Gasteiger charge is -2.24. The molecule has 4 heteroatoms. The molecule has 0 amide bonds. The molecule has 0 aliphatic carbocycles. The minimum atomic E-state index is 0.190. The van der Waals surface area contributed by atoms with Gasteiger partial charge in [0.1, 0.15) is 0 Å². The summed E-state index contributed by atoms with van der Waals surface area (Å²) in [5, 5.41) is 0. The standard InChI is InChI=1S/C8H22N4/c1-7(10)5-12(4-3-9)6-8(2)11/h7-8H,3-6,9-11H2,1-2H3. The van der Waals surface area contributed by atoms with Gasteiger partial charge in [-0.05, 0) is 13.8 Å². The predicted octanol–water partition coefficient (Wildman–Crippen LogP) is -1.06. The zero-order valence-electron chi connectivity index (χ0n) is 8.16. The van der Waals surface area contributed by atoms with Crippen LogP contribution in [0.4, 0.5) is 0 Å². The molecule has 0 fully saturated rings. The fraction of sp³-hybridized carbons (Fsp3) is 1.00. The molecular weight excluding hydrogens is 152 g/mol. The zero-order chi connectivity index (χ0) is 9.56. The Bertz CT molecular complexity index is 93.2. The molecule has 12 heavy (non-hydrogen) atoms. The maximum atomic E-state index is 5.68. The summed E-state index contributed by atoms with van der Waals surface area (Å²) in [6.07, 6.45) is 0. The molecule has 2 atom stereocenters. The first-order chi connectivity index (χ1) is 5.56. The maximum Gasteiger partial charge on any atom is 0.0139 e. The molecule has 0 aromatic carbocycles. The van der Waals surface area contributed by atoms with E-state index in [1.807, 2.05) is 13.8 Å². The molecule has 0 bridgehead atoms. The van der Waals surface area contributed by atoms with Gasteiger partial charge in [0.05, 0.1) is 0 Å². The lowest BCUT2D eigenvalue weighted by Crippen LogP contribution is -2.43. The second-order valence-corrected chi connectivity index (χ2v) is 3.50. The number of nitrogens with two attached hydrogens (primary N) is 3. The van der Waals surface area contributed by atoms with Crippen LogP contribution in [-0.2, 0) is 0 Å². The fourth-order valence-corrected chi connectivity index (χ4v) is 1.25. The van der Waals surface area contributed by atoms with Gasteiger partial charge in [-0.1, -0.05) is 0 Å². The molecule has 0 aromatic rings. The average molecular weight is 174 g/mol. The topological polar surface area (TPSA) is 81.3 Å². The average Bonchev–Trinajstić information content (AvgIpc) is 1.84. The Kier molecular flexibility index (Phi) is 6.28. The van der Waals surface area contributed by atoms with E-state index >= 15 is 0 Å². The summed E-state index contributed by atoms with van der Waals surface area (Å²) in [4.78, 5) is 2.20. The Hall–Kier alpha value is -0.160. The summed E-state index contributed by atoms with van der Waals surface area (Å²) in [5.74, 6) is 0. The van der Waals surface area contributed by atoms with Crippen molar-refractivity contribution >= 4 is 0 Å². The highest BCUT2D eigenvalue weighted by atomic mass is 15.1. The lowest BCUT2D eigenvalue weighted by molar-refractivity contribution is 0.256. The van der Waals surface area contributed by atoms with Crippen molar-refractivity contribution in [2.75, 3.05) is 26.2 Å². The van der Waals surface area contributed by atoms with Gasteiger partial charge < -0.3 is 17.2 Å². The minimum Gasteiger partial charge on any atom is -0.329 e. The van der Waals surface area contributed by atoms with Gasteiger partial charge in [-0.25, -0.2) is 0 Å². The van der Waals surface area contributed by atoms with Crippen molar-refractivity contribution in [2.24, 2.45) is 17.2 Å². The molecule has 0 saturated carbocycles. The predicted molar refractivity (Wildman–Crippen MR) is 52.8 cm³/mol. The minimum absolute atomic E-state index is 0.190. The van der Waals surface area contributed by atoms with Crippen molar-refractivity contribution in [3.05, 3.63) is 0 Å². The number of nitrogens with zero attached hydrogens (tertiary/aromatic N) is 1. The van der Waals surface area contributed by atoms with Crippen molar-refractivity contribution in [3.8, 4) is 0 Å². The third-order valence-corrected chi connectivity index (χ3v) is 1.54. The molecule has 0 aromatic heterocycles. The Labute approximate surface area is 75.1 Å². The van der Waals surface area contributed by atoms with Crippen LogP contribution in [0.5, 0.6) is 0 Å². The molecule has 74 valence electrons. The number of hydrogen-bond donors (Lipinski definition) is 3. The van der Waals surface area contributed by atoms with Crippen molar-refractivity contribution < 1.29 is 0 Å². The molecule has 2 unspecified atom stereocenters. The fourth-order valence-electron chi connectivity index (χ4n) is 1.25. The normalized spacial score (nSPS) is 16.5. The van der Waals surface area contributed by atoms with Crippen LogP contribution in [0.15, 0.2) is 0 Å². The summed E-state index contributed by atoms with van der Waals surface area (Å²) in [7, 11) is 0. The third-order valence-electron chi connectivity index (χ3n) is 1.54. The Morgan fingerprint density at radius 2 is 1.50 bits per heavy atom. The zero-order valence-corrected chi connectivity index (χ0v) is 8.16. The van der Waals surface area contributed by atoms with Crippen LogP contribution in [0.2, 0.25) is 0 Å². The van der Waals surface area contributed by atoms with Gasteiger partial charge in [-0.2, -0.15) is 0 Å². The van der Waals surface area contributed by atoms with E-state index in [0.717, 1.165) is 19.6 Å². The Morgan fingerprint density at radius 3 is 1.75 bits per heavy atom. The highest BCUT2D eigenvalue weighted by Gasteiger charge is 2.07. The molecule has 0 heterocycles. The van der Waals surface area contributed by atoms with Crippen molar-refractivity contribution in [2.45, 2.75) is 25.9 Å². The second-order valence-electron chi connectivity index (χ2n) is 3.50. The van der Waals surface area contributed by atoms with Crippen LogP contribution in [0.25, 0.3) is 0 Å². The van der Waals surface area contributed by atoms with Gasteiger partial charge in [0.15, 0.2) is 0 Å². The van der Waals surface area contributed by atoms with Gasteiger partial charge in [0, 0.05) is 38.3 Å². The molecule has 0 aliphatic rings. The lowest BCUT2D eigenvalue weighted by atomic mass is 10.2. The molecule has 0 rings (SSSR count). The maximum absolute atomic E-state index is 5.68. The van der Waals surface area contributed by atoms with E-state index in [2.05, 4.69) is 4.90 Å². The summed E-state index contributed by atoms with van der Waals surface area (Å²) >= 11 is 0. The first kappa shape index (κ1) is 11.8. The van der Waals surface area contributed by atoms with Gasteiger partial charge in [0.2, 0.25) is 0 Å². The van der Waals surface area contributed by atoms with Gasteiger partial charge in [0.25, 0.3) is 0 Å². The summed E-state index contributed by atoms with van der Waals surface area (Å²) in [6.45, 7) is 7.27. The van der Waals surface area contributed by atoms with E-state index in [-0.39, 0.29) is 12.1 Å². The molecule has 0 aliphatic heterocycles. The van der Waals surface area contributed by atoms with Crippen molar-refractivity contribution in [1.29, 1.82) is 0 Å². The molecule has 0 spiro atoms. The third kappa shape index (κ3) is 6.54. The van der Waals surface area contributed by atoms with Crippen LogP contribution >= 0.6 is 0 Å². The summed E-state index contributed by atoms with van der Waals surface area (Å²) in [5.41, 5.74) is 16.8. The highest BCUT2D eigenvalue weighted by molar-refractivity contribution is 4.68. The van der Waals surface area contributed by atoms with Gasteiger partial charge in [-0.3, -0.25) is 4.90 Å². The molecule has 4 nitrogen and oxygen atoms in total. The van der Waals surface area contributed by atoms with E-state index in [4.69, 9.17) is 17.2 Å². The van der Waals surface area contributed by atoms with Crippen LogP contribution in [0.3, 0.4) is 0 Å². The summed E-state index contributed by atoms with van der Waals surface area (Å²) in [6, 6.07) is 0.380. The van der Waals surface area contributed by atoms with Crippen LogP contribution in [-0.4, -0.2) is 43.2 Å². The number of rotatable bonds is 6. The van der Waals surface area contributed by atoms with Crippen molar-refractivity contribution in [1.82, 2.24) is 4.90 Å². The summed E-state index contributed by atoms with van der Waals surface area (Å²) < 4.78 is 0. The van der Waals surface area contributed by atoms with E-state index in [0.29, 0.717) is 6.54 Å². The van der Waals surface area contributed by atoms with E-state index in [1.54, 1.807) is 0 Å². The SMILES string of the molecule is CC(N)CN(CCN)CC(C)N. The molecule has 0 radical (unpaired) electrons. The quantitative estimate of drug-likeness (QED) is 0.479. The van der Waals surface area contributed by atoms with Crippen LogP contribution < -0.4 is 17.2 Å². The van der Waals surface area contributed by atoms with Crippen molar-refractivity contribution in [3.63, 3.8) is 0 Å². The Balaban J connectivity index is 3.69. The highest BCUT2D eigenvalue weighted by Crippen LogP contribution is 1.91. The van der Waals surface area contributed by atoms with Gasteiger partial charge in [-0.15, -0.1) is 0 Å². The molecular formula is C8H22N4. The smallest absolute Gasteiger partial charge is 0.0139 e. The first-order valence-corrected chi connectivity index (χ1v) is 4.49. The Morgan fingerprint density at radius 1 is 1.08 bits per heavy atom. The van der Waals surface area contributed by atoms with Gasteiger partial charge >= 0.3 is 0 Å².